The molecular formula is C14H11BrClNO2S. The summed E-state index contributed by atoms with van der Waals surface area (Å²) in [5.41, 5.74) is 1.43. The number of halogens is 2. The lowest BCUT2D eigenvalue weighted by molar-refractivity contribution is 0.0957. The van der Waals surface area contributed by atoms with Crippen LogP contribution in [0.2, 0.25) is 0 Å². The summed E-state index contributed by atoms with van der Waals surface area (Å²) >= 11 is 11.5. The molecule has 0 fully saturated rings. The first-order chi connectivity index (χ1) is 9.65. The lowest BCUT2D eigenvalue weighted by Gasteiger charge is -2.11. The molecule has 1 aliphatic rings. The summed E-state index contributed by atoms with van der Waals surface area (Å²) in [6.07, 6.45) is 0. The molecule has 2 aromatic rings. The molecule has 1 N–H and O–H groups in total. The molecule has 2 heterocycles. The maximum atomic E-state index is 12.0. The van der Waals surface area contributed by atoms with Crippen LogP contribution < -0.4 is 10.1 Å². The number of thiophene rings is 1. The van der Waals surface area contributed by atoms with Gasteiger partial charge in [0.25, 0.3) is 5.91 Å². The quantitative estimate of drug-likeness (QED) is 0.810. The Labute approximate surface area is 134 Å². The first-order valence-corrected chi connectivity index (χ1v) is 8.14. The van der Waals surface area contributed by atoms with Crippen LogP contribution in [0.25, 0.3) is 0 Å². The number of amides is 1. The molecule has 0 spiro atoms. The van der Waals surface area contributed by atoms with Crippen molar-refractivity contribution >= 4 is 44.8 Å². The topological polar surface area (TPSA) is 38.3 Å². The van der Waals surface area contributed by atoms with Crippen LogP contribution in [0.5, 0.6) is 5.75 Å². The monoisotopic (exact) mass is 371 g/mol. The number of rotatable bonds is 2. The Bertz CT molecular complexity index is 658. The van der Waals surface area contributed by atoms with Crippen molar-refractivity contribution in [3.63, 3.8) is 0 Å². The van der Waals surface area contributed by atoms with Gasteiger partial charge in [-0.1, -0.05) is 6.07 Å². The number of hydrogen-bond donors (Lipinski definition) is 1. The third-order valence-electron chi connectivity index (χ3n) is 3.03. The standard InChI is InChI=1S/C14H11BrClNO2S/c15-12-4-3-11(20-12)13(16)8-1-2-10-9(7-8)14(18)17-5-6-19-10/h1-4,7,13H,5-6H2,(H,17,18). The van der Waals surface area contributed by atoms with Gasteiger partial charge in [0.15, 0.2) is 0 Å². The van der Waals surface area contributed by atoms with Crippen molar-refractivity contribution in [3.05, 3.63) is 50.1 Å². The summed E-state index contributed by atoms with van der Waals surface area (Å²) < 4.78 is 6.57. The average Bonchev–Trinajstić information content (AvgIpc) is 2.80. The van der Waals surface area contributed by atoms with Crippen LogP contribution in [0.15, 0.2) is 34.1 Å². The van der Waals surface area contributed by atoms with Gasteiger partial charge in [0.1, 0.15) is 12.4 Å². The highest BCUT2D eigenvalue weighted by Crippen LogP contribution is 2.37. The number of benzene rings is 1. The molecule has 0 radical (unpaired) electrons. The Morgan fingerprint density at radius 2 is 2.20 bits per heavy atom. The van der Waals surface area contributed by atoms with E-state index in [1.54, 1.807) is 17.4 Å². The van der Waals surface area contributed by atoms with Crippen LogP contribution in [0.1, 0.15) is 26.2 Å². The maximum Gasteiger partial charge on any atom is 0.255 e. The summed E-state index contributed by atoms with van der Waals surface area (Å²) in [4.78, 5) is 13.0. The molecule has 1 unspecified atom stereocenters. The molecule has 3 rings (SSSR count). The highest BCUT2D eigenvalue weighted by atomic mass is 79.9. The number of nitrogens with one attached hydrogen (secondary N) is 1. The number of carbonyl (C=O) groups excluding carboxylic acids is 1. The lowest BCUT2D eigenvalue weighted by Crippen LogP contribution is -2.24. The van der Waals surface area contributed by atoms with Gasteiger partial charge in [-0.15, -0.1) is 22.9 Å². The van der Waals surface area contributed by atoms with Crippen molar-refractivity contribution in [3.8, 4) is 5.75 Å². The predicted molar refractivity (Wildman–Crippen MR) is 84.0 cm³/mol. The van der Waals surface area contributed by atoms with Crippen molar-refractivity contribution in [1.82, 2.24) is 5.32 Å². The van der Waals surface area contributed by atoms with E-state index in [2.05, 4.69) is 21.2 Å². The molecule has 0 saturated carbocycles. The third kappa shape index (κ3) is 2.71. The fourth-order valence-corrected chi connectivity index (χ4v) is 3.83. The molecule has 3 nitrogen and oxygen atoms in total. The Hall–Kier alpha value is -1.04. The van der Waals surface area contributed by atoms with E-state index in [1.807, 2.05) is 24.3 Å². The number of carbonyl (C=O) groups is 1. The second kappa shape index (κ2) is 5.76. The average molecular weight is 373 g/mol. The van der Waals surface area contributed by atoms with Gasteiger partial charge in [-0.3, -0.25) is 4.79 Å². The fourth-order valence-electron chi connectivity index (χ4n) is 2.06. The van der Waals surface area contributed by atoms with Gasteiger partial charge < -0.3 is 10.1 Å². The molecule has 1 aliphatic heterocycles. The molecule has 1 amide bonds. The normalized spacial score (nSPS) is 15.8. The van der Waals surface area contributed by atoms with Crippen LogP contribution in [0, 0.1) is 0 Å². The van der Waals surface area contributed by atoms with Crippen molar-refractivity contribution in [1.29, 1.82) is 0 Å². The van der Waals surface area contributed by atoms with Crippen LogP contribution in [0.3, 0.4) is 0 Å². The van der Waals surface area contributed by atoms with E-state index < -0.39 is 0 Å². The molecule has 0 bridgehead atoms. The summed E-state index contributed by atoms with van der Waals surface area (Å²) in [5, 5.41) is 2.53. The van der Waals surface area contributed by atoms with Gasteiger partial charge in [-0.05, 0) is 45.8 Å². The minimum absolute atomic E-state index is 0.115. The predicted octanol–water partition coefficient (Wildman–Crippen LogP) is 3.96. The largest absolute Gasteiger partial charge is 0.491 e. The van der Waals surface area contributed by atoms with Crippen molar-refractivity contribution < 1.29 is 9.53 Å². The zero-order valence-electron chi connectivity index (χ0n) is 10.4. The van der Waals surface area contributed by atoms with Gasteiger partial charge >= 0.3 is 0 Å². The van der Waals surface area contributed by atoms with E-state index in [-0.39, 0.29) is 11.3 Å². The molecule has 1 aromatic heterocycles. The van der Waals surface area contributed by atoms with Crippen molar-refractivity contribution in [2.24, 2.45) is 0 Å². The van der Waals surface area contributed by atoms with E-state index in [0.717, 1.165) is 14.2 Å². The molecule has 1 aromatic carbocycles. The second-order valence-electron chi connectivity index (χ2n) is 4.36. The number of ether oxygens (including phenoxy) is 1. The summed E-state index contributed by atoms with van der Waals surface area (Å²) in [6.45, 7) is 1.01. The zero-order chi connectivity index (χ0) is 14.1. The van der Waals surface area contributed by atoms with Crippen molar-refractivity contribution in [2.45, 2.75) is 5.38 Å². The lowest BCUT2D eigenvalue weighted by atomic mass is 10.1. The third-order valence-corrected chi connectivity index (χ3v) is 5.33. The molecule has 0 saturated heterocycles. The highest BCUT2D eigenvalue weighted by molar-refractivity contribution is 9.11. The van der Waals surface area contributed by atoms with Gasteiger partial charge in [0.2, 0.25) is 0 Å². The van der Waals surface area contributed by atoms with Gasteiger partial charge in [0, 0.05) is 4.88 Å². The SMILES string of the molecule is O=C1NCCOc2ccc(C(Cl)c3ccc(Br)s3)cc21. The summed E-state index contributed by atoms with van der Waals surface area (Å²) in [6, 6.07) is 9.47. The Morgan fingerprint density at radius 1 is 1.35 bits per heavy atom. The van der Waals surface area contributed by atoms with Crippen LogP contribution in [-0.4, -0.2) is 19.1 Å². The van der Waals surface area contributed by atoms with Gasteiger partial charge in [-0.2, -0.15) is 0 Å². The van der Waals surface area contributed by atoms with Crippen LogP contribution in [0.4, 0.5) is 0 Å². The molecular weight excluding hydrogens is 362 g/mol. The van der Waals surface area contributed by atoms with Crippen molar-refractivity contribution in [2.75, 3.05) is 13.2 Å². The second-order valence-corrected chi connectivity index (χ2v) is 7.30. The summed E-state index contributed by atoms with van der Waals surface area (Å²) in [5.74, 6) is 0.496. The van der Waals surface area contributed by atoms with Gasteiger partial charge in [-0.25, -0.2) is 0 Å². The zero-order valence-corrected chi connectivity index (χ0v) is 13.5. The van der Waals surface area contributed by atoms with E-state index in [1.165, 1.54) is 0 Å². The Balaban J connectivity index is 1.97. The van der Waals surface area contributed by atoms with Gasteiger partial charge in [0.05, 0.1) is 21.3 Å². The smallest absolute Gasteiger partial charge is 0.255 e. The Kier molecular flexibility index (Phi) is 4.01. The minimum Gasteiger partial charge on any atom is -0.491 e. The van der Waals surface area contributed by atoms with E-state index in [0.29, 0.717) is 24.5 Å². The minimum atomic E-state index is -0.271. The summed E-state index contributed by atoms with van der Waals surface area (Å²) in [7, 11) is 0. The van der Waals surface area contributed by atoms with E-state index >= 15 is 0 Å². The molecule has 104 valence electrons. The molecule has 6 heteroatoms. The molecule has 20 heavy (non-hydrogen) atoms. The highest BCUT2D eigenvalue weighted by Gasteiger charge is 2.20. The number of fused-ring (bicyclic) bond motifs is 1. The number of alkyl halides is 1. The van der Waals surface area contributed by atoms with Crippen LogP contribution in [-0.2, 0) is 0 Å². The van der Waals surface area contributed by atoms with E-state index in [9.17, 15) is 4.79 Å². The maximum absolute atomic E-state index is 12.0. The fraction of sp³-hybridized carbons (Fsp3) is 0.214. The van der Waals surface area contributed by atoms with E-state index in [4.69, 9.17) is 16.3 Å². The molecule has 1 atom stereocenters. The first kappa shape index (κ1) is 13.9. The molecule has 0 aliphatic carbocycles. The van der Waals surface area contributed by atoms with Crippen LogP contribution >= 0.6 is 38.9 Å². The first-order valence-electron chi connectivity index (χ1n) is 6.09. The Morgan fingerprint density at radius 3 is 2.95 bits per heavy atom. The number of hydrogen-bond acceptors (Lipinski definition) is 3.